The standard InChI is InChI=1S/C25H14BrCl.C13H7BrO.C12H8BrCl/c26-15-9-11-23-19(13-15)17-5-1-3-7-21(17)25(23)22-8-4-2-6-18(22)20-14-16(27)10-12-24(20)25;14-8-5-6-11-12(7-8)9-3-1-2-4-10(9)13(11)15;13-12-7-2-1-6-11(12)9-4-3-5-10(14)8-9/h1-14H;1-7H;1-8H. The van der Waals surface area contributed by atoms with Gasteiger partial charge in [0.05, 0.1) is 5.41 Å². The molecule has 0 N–H and O–H groups in total. The summed E-state index contributed by atoms with van der Waals surface area (Å²) in [6.07, 6.45) is 0. The maximum Gasteiger partial charge on any atom is 0.194 e. The quantitative estimate of drug-likeness (QED) is 0.160. The van der Waals surface area contributed by atoms with Crippen LogP contribution in [-0.4, -0.2) is 5.78 Å². The summed E-state index contributed by atoms with van der Waals surface area (Å²) in [6.45, 7) is 0. The summed E-state index contributed by atoms with van der Waals surface area (Å²) in [5, 5.41) is 1.54. The number of ketones is 1. The van der Waals surface area contributed by atoms with E-state index in [-0.39, 0.29) is 11.2 Å². The molecule has 0 saturated heterocycles. The van der Waals surface area contributed by atoms with Crippen molar-refractivity contribution in [2.24, 2.45) is 0 Å². The molecule has 0 radical (unpaired) electrons. The SMILES string of the molecule is Clc1ccc2c(c1)-c1ccccc1C21c2ccccc2-c2cc(Br)ccc21.Clc1cccc(-c2ccccc2Br)c1.O=C1c2ccccc2-c2cc(Br)ccc21. The molecule has 8 aromatic rings. The number of hydrogen-bond acceptors (Lipinski definition) is 1. The maximum atomic E-state index is 12.0. The Bertz CT molecular complexity index is 2760. The first-order valence-corrected chi connectivity index (χ1v) is 21.1. The Morgan fingerprint density at radius 1 is 0.357 bits per heavy atom. The Morgan fingerprint density at radius 2 is 0.839 bits per heavy atom. The van der Waals surface area contributed by atoms with Gasteiger partial charge in [-0.05, 0) is 127 Å². The van der Waals surface area contributed by atoms with E-state index in [0.717, 1.165) is 56.8 Å². The van der Waals surface area contributed by atoms with Gasteiger partial charge in [-0.15, -0.1) is 0 Å². The molecule has 0 bridgehead atoms. The lowest BCUT2D eigenvalue weighted by atomic mass is 9.70. The highest BCUT2D eigenvalue weighted by Gasteiger charge is 2.51. The highest BCUT2D eigenvalue weighted by Crippen LogP contribution is 2.63. The summed E-state index contributed by atoms with van der Waals surface area (Å²) < 4.78 is 3.20. The molecule has 0 heterocycles. The zero-order valence-corrected chi connectivity index (χ0v) is 35.8. The van der Waals surface area contributed by atoms with Crippen LogP contribution in [0.1, 0.15) is 38.2 Å². The molecule has 270 valence electrons. The summed E-state index contributed by atoms with van der Waals surface area (Å²) in [4.78, 5) is 12.0. The first-order chi connectivity index (χ1) is 27.3. The van der Waals surface area contributed by atoms with Gasteiger partial charge in [-0.3, -0.25) is 4.79 Å². The molecule has 3 aliphatic rings. The Labute approximate surface area is 361 Å². The molecule has 11 rings (SSSR count). The van der Waals surface area contributed by atoms with Crippen molar-refractivity contribution >= 4 is 76.8 Å². The summed E-state index contributed by atoms with van der Waals surface area (Å²) in [6, 6.07) is 60.1. The molecule has 1 nitrogen and oxygen atoms in total. The molecule has 56 heavy (non-hydrogen) atoms. The minimum atomic E-state index is -0.275. The van der Waals surface area contributed by atoms with E-state index in [9.17, 15) is 4.79 Å². The first-order valence-electron chi connectivity index (χ1n) is 18.0. The molecule has 6 heteroatoms. The van der Waals surface area contributed by atoms with Crippen molar-refractivity contribution in [2.45, 2.75) is 5.41 Å². The summed E-state index contributed by atoms with van der Waals surface area (Å²) in [5.41, 5.74) is 16.2. The number of benzene rings is 8. The van der Waals surface area contributed by atoms with E-state index in [0.29, 0.717) is 0 Å². The lowest BCUT2D eigenvalue weighted by Crippen LogP contribution is -2.25. The number of rotatable bonds is 1. The van der Waals surface area contributed by atoms with Gasteiger partial charge in [0.2, 0.25) is 0 Å². The Morgan fingerprint density at radius 3 is 1.50 bits per heavy atom. The third-order valence-corrected chi connectivity index (χ3v) is 12.9. The zero-order chi connectivity index (χ0) is 38.6. The zero-order valence-electron chi connectivity index (χ0n) is 29.5. The Hall–Kier alpha value is -4.55. The van der Waals surface area contributed by atoms with Gasteiger partial charge < -0.3 is 0 Å². The average Bonchev–Trinajstić information content (AvgIpc) is 3.78. The van der Waals surface area contributed by atoms with Gasteiger partial charge in [0, 0.05) is 34.6 Å². The fourth-order valence-electron chi connectivity index (χ4n) is 8.44. The predicted molar refractivity (Wildman–Crippen MR) is 243 cm³/mol. The molecule has 1 atom stereocenters. The lowest BCUT2D eigenvalue weighted by molar-refractivity contribution is 0.104. The van der Waals surface area contributed by atoms with Crippen LogP contribution in [0, 0.1) is 0 Å². The summed E-state index contributed by atoms with van der Waals surface area (Å²) in [5.74, 6) is 0.133. The highest BCUT2D eigenvalue weighted by atomic mass is 79.9. The van der Waals surface area contributed by atoms with Crippen LogP contribution < -0.4 is 0 Å². The molecule has 0 aliphatic heterocycles. The van der Waals surface area contributed by atoms with Crippen molar-refractivity contribution in [3.8, 4) is 44.5 Å². The molecule has 0 amide bonds. The van der Waals surface area contributed by atoms with Crippen molar-refractivity contribution in [2.75, 3.05) is 0 Å². The van der Waals surface area contributed by atoms with Crippen LogP contribution in [-0.2, 0) is 5.41 Å². The van der Waals surface area contributed by atoms with Gasteiger partial charge in [0.25, 0.3) is 0 Å². The molecule has 1 unspecified atom stereocenters. The van der Waals surface area contributed by atoms with Crippen LogP contribution in [0.25, 0.3) is 44.5 Å². The second-order valence-corrected chi connectivity index (χ2v) is 17.3. The van der Waals surface area contributed by atoms with E-state index in [1.54, 1.807) is 0 Å². The topological polar surface area (TPSA) is 17.1 Å². The lowest BCUT2D eigenvalue weighted by Gasteiger charge is -2.30. The van der Waals surface area contributed by atoms with Gasteiger partial charge in [-0.2, -0.15) is 0 Å². The molecule has 0 aromatic heterocycles. The van der Waals surface area contributed by atoms with E-state index in [1.807, 2.05) is 91.0 Å². The maximum absolute atomic E-state index is 12.0. The minimum absolute atomic E-state index is 0.133. The van der Waals surface area contributed by atoms with Gasteiger partial charge in [0.15, 0.2) is 5.78 Å². The van der Waals surface area contributed by atoms with Crippen LogP contribution >= 0.6 is 71.0 Å². The highest BCUT2D eigenvalue weighted by molar-refractivity contribution is 9.11. The third-order valence-electron chi connectivity index (χ3n) is 10.7. The first kappa shape index (κ1) is 37.1. The van der Waals surface area contributed by atoms with Crippen LogP contribution in [0.5, 0.6) is 0 Å². The van der Waals surface area contributed by atoms with E-state index in [2.05, 4.69) is 133 Å². The minimum Gasteiger partial charge on any atom is -0.289 e. The second-order valence-electron chi connectivity index (χ2n) is 13.8. The van der Waals surface area contributed by atoms with Crippen LogP contribution in [0.2, 0.25) is 10.0 Å². The normalized spacial score (nSPS) is 14.6. The van der Waals surface area contributed by atoms with E-state index in [4.69, 9.17) is 23.2 Å². The van der Waals surface area contributed by atoms with E-state index < -0.39 is 0 Å². The molecule has 0 fully saturated rings. The number of fused-ring (bicyclic) bond motifs is 13. The van der Waals surface area contributed by atoms with Crippen molar-refractivity contribution in [3.63, 3.8) is 0 Å². The molecule has 1 spiro atoms. The average molecular weight is 956 g/mol. The predicted octanol–water partition coefficient (Wildman–Crippen LogP) is 15.9. The van der Waals surface area contributed by atoms with Gasteiger partial charge >= 0.3 is 0 Å². The fraction of sp³-hybridized carbons (Fsp3) is 0.0200. The summed E-state index contributed by atoms with van der Waals surface area (Å²) >= 11 is 22.9. The number of carbonyl (C=O) groups is 1. The van der Waals surface area contributed by atoms with Crippen LogP contribution in [0.4, 0.5) is 0 Å². The fourth-order valence-corrected chi connectivity index (χ4v) is 10.0. The second kappa shape index (κ2) is 15.1. The van der Waals surface area contributed by atoms with Crippen molar-refractivity contribution in [1.82, 2.24) is 0 Å². The number of hydrogen-bond donors (Lipinski definition) is 0. The number of carbonyl (C=O) groups excluding carboxylic acids is 1. The van der Waals surface area contributed by atoms with Crippen molar-refractivity contribution in [1.29, 1.82) is 0 Å². The molecule has 0 saturated carbocycles. The van der Waals surface area contributed by atoms with Crippen LogP contribution in [0.3, 0.4) is 0 Å². The molecular formula is C50H29Br3Cl2O. The Balaban J connectivity index is 0.000000120. The Kier molecular flexibility index (Phi) is 9.98. The molecule has 8 aromatic carbocycles. The monoisotopic (exact) mass is 952 g/mol. The molecular weight excluding hydrogens is 927 g/mol. The van der Waals surface area contributed by atoms with E-state index >= 15 is 0 Å². The van der Waals surface area contributed by atoms with Gasteiger partial charge in [-0.1, -0.05) is 186 Å². The van der Waals surface area contributed by atoms with Gasteiger partial charge in [-0.25, -0.2) is 0 Å². The smallest absolute Gasteiger partial charge is 0.194 e. The van der Waals surface area contributed by atoms with Crippen molar-refractivity contribution < 1.29 is 4.79 Å². The molecule has 3 aliphatic carbocycles. The van der Waals surface area contributed by atoms with E-state index in [1.165, 1.54) is 44.5 Å². The van der Waals surface area contributed by atoms with Crippen molar-refractivity contribution in [3.05, 3.63) is 233 Å². The van der Waals surface area contributed by atoms with Crippen LogP contribution in [0.15, 0.2) is 189 Å². The summed E-state index contributed by atoms with van der Waals surface area (Å²) in [7, 11) is 0. The third kappa shape index (κ3) is 6.23. The largest absolute Gasteiger partial charge is 0.289 e. The van der Waals surface area contributed by atoms with Gasteiger partial charge in [0.1, 0.15) is 0 Å². The number of halogens is 5.